The summed E-state index contributed by atoms with van der Waals surface area (Å²) in [7, 11) is 7.90. The normalized spacial score (nSPS) is 10.8. The van der Waals surface area contributed by atoms with Crippen molar-refractivity contribution in [3.63, 3.8) is 0 Å². The third-order valence-corrected chi connectivity index (χ3v) is 7.86. The number of hydrogen-bond acceptors (Lipinski definition) is 9. The van der Waals surface area contributed by atoms with Crippen LogP contribution in [0.15, 0.2) is 54.6 Å². The van der Waals surface area contributed by atoms with E-state index in [0.717, 1.165) is 28.4 Å². The number of rotatable bonds is 12. The molecule has 0 spiro atoms. The Balaban J connectivity index is 1.88. The number of benzene rings is 2. The highest BCUT2D eigenvalue weighted by molar-refractivity contribution is 7.20. The average molecular weight is 640 g/mol. The van der Waals surface area contributed by atoms with Crippen molar-refractivity contribution in [3.05, 3.63) is 82.9 Å². The van der Waals surface area contributed by atoms with Crippen LogP contribution in [0.4, 0.5) is 30.1 Å². The minimum atomic E-state index is -0.828. The van der Waals surface area contributed by atoms with Gasteiger partial charge in [0.15, 0.2) is 5.82 Å². The van der Waals surface area contributed by atoms with Gasteiger partial charge in [0.1, 0.15) is 16.6 Å². The number of carbonyl (C=O) groups is 3. The predicted octanol–water partition coefficient (Wildman–Crippen LogP) is 4.68. The van der Waals surface area contributed by atoms with Gasteiger partial charge >= 0.3 is 6.03 Å². The summed E-state index contributed by atoms with van der Waals surface area (Å²) in [5.41, 5.74) is 3.70. The Morgan fingerprint density at radius 1 is 0.933 bits per heavy atom. The Bertz CT molecular complexity index is 1650. The second kappa shape index (κ2) is 14.7. The van der Waals surface area contributed by atoms with Gasteiger partial charge in [0.2, 0.25) is 12.3 Å². The molecule has 4 rings (SSSR count). The molecule has 0 saturated carbocycles. The number of halogens is 2. The van der Waals surface area contributed by atoms with Crippen LogP contribution in [-0.4, -0.2) is 68.8 Å². The quantitative estimate of drug-likeness (QED) is 0.169. The lowest BCUT2D eigenvalue weighted by Gasteiger charge is -2.22. The lowest BCUT2D eigenvalue weighted by Crippen LogP contribution is -2.31. The highest BCUT2D eigenvalue weighted by Gasteiger charge is 2.31. The molecule has 4 amide bonds. The molecule has 0 aliphatic carbocycles. The molecule has 0 aliphatic heterocycles. The number of hydrogen-bond donors (Lipinski definition) is 2. The third kappa shape index (κ3) is 7.57. The zero-order valence-electron chi connectivity index (χ0n) is 25.1. The van der Waals surface area contributed by atoms with Gasteiger partial charge in [-0.2, -0.15) is 0 Å². The first-order valence-corrected chi connectivity index (χ1v) is 14.2. The monoisotopic (exact) mass is 639 g/mol. The predicted molar refractivity (Wildman–Crippen MR) is 166 cm³/mol. The van der Waals surface area contributed by atoms with Gasteiger partial charge in [-0.05, 0) is 55.6 Å². The molecule has 2 N–H and O–H groups in total. The molecule has 2 aromatic heterocycles. The molecule has 15 heteroatoms. The summed E-state index contributed by atoms with van der Waals surface area (Å²) in [5, 5.41) is 10.8. The molecule has 0 atom stereocenters. The summed E-state index contributed by atoms with van der Waals surface area (Å²) in [6, 6.07) is 12.8. The topological polar surface area (TPSA) is 129 Å². The number of thiophene rings is 1. The molecule has 2 aromatic carbocycles. The number of urea groups is 1. The van der Waals surface area contributed by atoms with Gasteiger partial charge in [-0.1, -0.05) is 18.2 Å². The first kappa shape index (κ1) is 32.9. The number of anilines is 3. The average Bonchev–Trinajstić information content (AvgIpc) is 3.38. The molecular weight excluding hydrogens is 608 g/mol. The maximum absolute atomic E-state index is 14.7. The standard InChI is InChI=1S/C30H31F2N7O5S/c1-37(2)15-21-26(28(41)38(3)24-13-14-25(43-4)35-34-24)29(39(17-40)16-20-22(31)7-6-8-23(20)32)45-27(21)18-9-11-19(12-10-18)33-30(42)36-44-5/h6-14,17H,15-16H2,1-5H3,(H2,33,36,42). The summed E-state index contributed by atoms with van der Waals surface area (Å²) in [5.74, 6) is -1.72. The van der Waals surface area contributed by atoms with Crippen LogP contribution < -0.4 is 25.3 Å². The van der Waals surface area contributed by atoms with Gasteiger partial charge in [0.05, 0.1) is 26.3 Å². The summed E-state index contributed by atoms with van der Waals surface area (Å²) in [6.45, 7) is -0.195. The van der Waals surface area contributed by atoms with Gasteiger partial charge in [-0.3, -0.25) is 19.3 Å². The molecule has 0 bridgehead atoms. The number of aromatic nitrogens is 2. The van der Waals surface area contributed by atoms with Gasteiger partial charge in [-0.25, -0.2) is 19.1 Å². The van der Waals surface area contributed by atoms with Crippen molar-refractivity contribution in [1.29, 1.82) is 0 Å². The largest absolute Gasteiger partial charge is 0.480 e. The van der Waals surface area contributed by atoms with Gasteiger partial charge in [-0.15, -0.1) is 21.5 Å². The van der Waals surface area contributed by atoms with E-state index in [1.165, 1.54) is 32.2 Å². The molecule has 45 heavy (non-hydrogen) atoms. The highest BCUT2D eigenvalue weighted by Crippen LogP contribution is 2.44. The van der Waals surface area contributed by atoms with Crippen LogP contribution in [0.1, 0.15) is 21.5 Å². The molecule has 4 aromatic rings. The minimum Gasteiger partial charge on any atom is -0.480 e. The number of hydroxylamine groups is 1. The van der Waals surface area contributed by atoms with Crippen molar-refractivity contribution < 1.29 is 32.7 Å². The molecule has 0 fully saturated rings. The minimum absolute atomic E-state index is 0.148. The number of nitrogens with zero attached hydrogens (tertiary/aromatic N) is 5. The fourth-order valence-corrected chi connectivity index (χ4v) is 5.69. The second-order valence-corrected chi connectivity index (χ2v) is 10.9. The Labute approximate surface area is 262 Å². The van der Waals surface area contributed by atoms with Crippen molar-refractivity contribution in [2.24, 2.45) is 0 Å². The van der Waals surface area contributed by atoms with Crippen molar-refractivity contribution in [3.8, 4) is 16.3 Å². The van der Waals surface area contributed by atoms with E-state index in [1.54, 1.807) is 36.4 Å². The lowest BCUT2D eigenvalue weighted by atomic mass is 10.0. The SMILES string of the molecule is CONC(=O)Nc1ccc(-c2sc(N(C=O)Cc3c(F)cccc3F)c(C(=O)N(C)c3ccc(OC)nn3)c2CN(C)C)cc1. The van der Waals surface area contributed by atoms with Crippen molar-refractivity contribution >= 4 is 46.2 Å². The Hall–Kier alpha value is -4.99. The van der Waals surface area contributed by atoms with Crippen LogP contribution >= 0.6 is 11.3 Å². The van der Waals surface area contributed by atoms with Crippen LogP contribution in [0.3, 0.4) is 0 Å². The Kier molecular flexibility index (Phi) is 10.7. The van der Waals surface area contributed by atoms with E-state index < -0.39 is 30.1 Å². The number of nitrogens with one attached hydrogen (secondary N) is 2. The lowest BCUT2D eigenvalue weighted by molar-refractivity contribution is -0.107. The second-order valence-electron chi connectivity index (χ2n) is 9.90. The van der Waals surface area contributed by atoms with Crippen LogP contribution in [0, 0.1) is 11.6 Å². The van der Waals surface area contributed by atoms with Crippen LogP contribution in [0.2, 0.25) is 0 Å². The fraction of sp³-hybridized carbons (Fsp3) is 0.233. The van der Waals surface area contributed by atoms with E-state index in [2.05, 4.69) is 25.8 Å². The zero-order valence-corrected chi connectivity index (χ0v) is 25.9. The maximum atomic E-state index is 14.7. The number of ether oxygens (including phenoxy) is 1. The zero-order chi connectivity index (χ0) is 32.7. The Morgan fingerprint density at radius 2 is 1.62 bits per heavy atom. The summed E-state index contributed by atoms with van der Waals surface area (Å²) >= 11 is 1.12. The smallest absolute Gasteiger partial charge is 0.343 e. The number of methoxy groups -OCH3 is 1. The van der Waals surface area contributed by atoms with Crippen molar-refractivity contribution in [2.45, 2.75) is 13.1 Å². The molecule has 0 unspecified atom stereocenters. The molecule has 12 nitrogen and oxygen atoms in total. The first-order chi connectivity index (χ1) is 21.6. The molecule has 236 valence electrons. The number of carbonyl (C=O) groups excluding carboxylic acids is 3. The van der Waals surface area contributed by atoms with Gasteiger partial charge < -0.3 is 19.9 Å². The maximum Gasteiger partial charge on any atom is 0.343 e. The van der Waals surface area contributed by atoms with E-state index in [1.807, 2.05) is 19.0 Å². The summed E-state index contributed by atoms with van der Waals surface area (Å²) < 4.78 is 34.5. The van der Waals surface area contributed by atoms with Gasteiger partial charge in [0.25, 0.3) is 5.91 Å². The molecule has 2 heterocycles. The molecule has 0 aliphatic rings. The third-order valence-electron chi connectivity index (χ3n) is 6.54. The van der Waals surface area contributed by atoms with E-state index in [9.17, 15) is 23.2 Å². The van der Waals surface area contributed by atoms with Crippen molar-refractivity contribution in [2.75, 3.05) is 50.5 Å². The molecule has 0 radical (unpaired) electrons. The van der Waals surface area contributed by atoms with E-state index in [0.29, 0.717) is 28.1 Å². The summed E-state index contributed by atoms with van der Waals surface area (Å²) in [6.07, 6.45) is 0.437. The molecule has 0 saturated heterocycles. The first-order valence-electron chi connectivity index (χ1n) is 13.4. The fourth-order valence-electron chi connectivity index (χ4n) is 4.41. The van der Waals surface area contributed by atoms with E-state index >= 15 is 0 Å². The van der Waals surface area contributed by atoms with Gasteiger partial charge in [0, 0.05) is 35.8 Å². The van der Waals surface area contributed by atoms with Crippen LogP contribution in [0.5, 0.6) is 5.88 Å². The van der Waals surface area contributed by atoms with Crippen LogP contribution in [-0.2, 0) is 22.7 Å². The summed E-state index contributed by atoms with van der Waals surface area (Å²) in [4.78, 5) is 48.2. The van der Waals surface area contributed by atoms with E-state index in [4.69, 9.17) is 4.74 Å². The van der Waals surface area contributed by atoms with E-state index in [-0.39, 0.29) is 34.4 Å². The Morgan fingerprint density at radius 3 is 2.18 bits per heavy atom. The van der Waals surface area contributed by atoms with Crippen LogP contribution in [0.25, 0.3) is 10.4 Å². The number of amides is 4. The van der Waals surface area contributed by atoms with Crippen molar-refractivity contribution in [1.82, 2.24) is 20.6 Å². The highest BCUT2D eigenvalue weighted by atomic mass is 32.1. The molecular formula is C30H31F2N7O5S.